The van der Waals surface area contributed by atoms with Crippen molar-refractivity contribution in [2.24, 2.45) is 0 Å². The van der Waals surface area contributed by atoms with E-state index in [4.69, 9.17) is 9.47 Å². The highest BCUT2D eigenvalue weighted by Crippen LogP contribution is 2.26. The molecule has 3 aromatic carbocycles. The monoisotopic (exact) mass is 552 g/mol. The first kappa shape index (κ1) is 27.9. The van der Waals surface area contributed by atoms with Gasteiger partial charge in [-0.25, -0.2) is 17.6 Å². The summed E-state index contributed by atoms with van der Waals surface area (Å²) in [6.07, 6.45) is 0.273. The van der Waals surface area contributed by atoms with Crippen LogP contribution in [0.15, 0.2) is 83.8 Å². The van der Waals surface area contributed by atoms with Gasteiger partial charge in [-0.1, -0.05) is 30.3 Å². The summed E-state index contributed by atoms with van der Waals surface area (Å²) in [7, 11) is 0.152. The zero-order valence-corrected chi connectivity index (χ0v) is 22.6. The number of rotatable bonds is 11. The van der Waals surface area contributed by atoms with Crippen LogP contribution in [0, 0.1) is 5.82 Å². The van der Waals surface area contributed by atoms with Crippen molar-refractivity contribution in [3.05, 3.63) is 113 Å². The smallest absolute Gasteiger partial charge is 0.354 e. The number of carbonyl (C=O) groups excluding carboxylic acids is 1. The molecular weight excluding hydrogens is 523 g/mol. The number of nitrogens with one attached hydrogen (secondary N) is 1. The van der Waals surface area contributed by atoms with Crippen LogP contribution in [0.4, 0.5) is 4.39 Å². The van der Waals surface area contributed by atoms with Crippen LogP contribution in [0.2, 0.25) is 0 Å². The van der Waals surface area contributed by atoms with Gasteiger partial charge in [0, 0.05) is 25.2 Å². The lowest BCUT2D eigenvalue weighted by molar-refractivity contribution is 0.0594. The molecule has 0 aliphatic heterocycles. The summed E-state index contributed by atoms with van der Waals surface area (Å²) in [4.78, 5) is 14.2. The number of aromatic amines is 1. The molecule has 1 heterocycles. The molecule has 10 heteroatoms. The van der Waals surface area contributed by atoms with Gasteiger partial charge in [-0.3, -0.25) is 0 Å². The fraction of sp³-hybridized carbons (Fsp3) is 0.207. The molecule has 0 fully saturated rings. The Labute approximate surface area is 227 Å². The fourth-order valence-electron chi connectivity index (χ4n) is 4.09. The van der Waals surface area contributed by atoms with Crippen LogP contribution in [-0.2, 0) is 34.3 Å². The highest BCUT2D eigenvalue weighted by Gasteiger charge is 2.28. The molecule has 4 aromatic rings. The lowest BCUT2D eigenvalue weighted by Crippen LogP contribution is -2.31. The molecule has 0 saturated heterocycles. The Hall–Kier alpha value is -4.15. The summed E-state index contributed by atoms with van der Waals surface area (Å²) < 4.78 is 59.2. The molecule has 0 amide bonds. The molecule has 39 heavy (non-hydrogen) atoms. The Kier molecular flexibility index (Phi) is 8.68. The highest BCUT2D eigenvalue weighted by molar-refractivity contribution is 7.89. The highest BCUT2D eigenvalue weighted by atomic mass is 32.2. The maximum absolute atomic E-state index is 15.3. The van der Waals surface area contributed by atoms with Crippen molar-refractivity contribution in [1.82, 2.24) is 9.29 Å². The maximum atomic E-state index is 15.3. The third-order valence-corrected chi connectivity index (χ3v) is 8.02. The molecule has 4 rings (SSSR count). The van der Waals surface area contributed by atoms with Gasteiger partial charge in [0.2, 0.25) is 10.0 Å². The fourth-order valence-corrected chi connectivity index (χ4v) is 5.55. The second-order valence-electron chi connectivity index (χ2n) is 8.80. The van der Waals surface area contributed by atoms with E-state index in [-0.39, 0.29) is 25.2 Å². The molecule has 8 nitrogen and oxygen atoms in total. The molecule has 0 bridgehead atoms. The van der Waals surface area contributed by atoms with Crippen LogP contribution in [0.25, 0.3) is 0 Å². The number of nitrogens with zero attached hydrogens (tertiary/aromatic N) is 1. The molecular formula is C29H29FN2O6S. The molecule has 0 aliphatic carbocycles. The number of sulfonamides is 1. The summed E-state index contributed by atoms with van der Waals surface area (Å²) in [5.41, 5.74) is 2.92. The minimum absolute atomic E-state index is 0.0261. The first-order chi connectivity index (χ1) is 18.7. The van der Waals surface area contributed by atoms with Crippen LogP contribution >= 0.6 is 0 Å². The van der Waals surface area contributed by atoms with Crippen molar-refractivity contribution in [2.45, 2.75) is 24.4 Å². The quantitative estimate of drug-likeness (QED) is 0.265. The zero-order valence-electron chi connectivity index (χ0n) is 21.8. The normalized spacial score (nSPS) is 11.4. The lowest BCUT2D eigenvalue weighted by atomic mass is 10.1. The number of benzene rings is 3. The molecule has 0 unspecified atom stereocenters. The molecule has 1 N–H and O–H groups in total. The zero-order chi connectivity index (χ0) is 28.0. The average Bonchev–Trinajstić information content (AvgIpc) is 3.41. The van der Waals surface area contributed by atoms with Gasteiger partial charge in [-0.2, -0.15) is 4.31 Å². The first-order valence-corrected chi connectivity index (χ1v) is 13.5. The van der Waals surface area contributed by atoms with E-state index < -0.39 is 26.7 Å². The SMILES string of the molecule is COC(=O)c1ccc(Cc2ccc(S(=O)(=O)N(Cc3ccc(OC)cc3)Cc3ccc(OC)cc3)c(F)c2)[nH]1. The van der Waals surface area contributed by atoms with Crippen LogP contribution in [0.5, 0.6) is 11.5 Å². The molecule has 204 valence electrons. The Bertz CT molecular complexity index is 1480. The van der Waals surface area contributed by atoms with E-state index in [1.807, 2.05) is 0 Å². The average molecular weight is 553 g/mol. The van der Waals surface area contributed by atoms with Crippen molar-refractivity contribution >= 4 is 16.0 Å². The van der Waals surface area contributed by atoms with E-state index >= 15 is 4.39 Å². The van der Waals surface area contributed by atoms with Crippen molar-refractivity contribution in [3.63, 3.8) is 0 Å². The second kappa shape index (κ2) is 12.1. The largest absolute Gasteiger partial charge is 0.497 e. The molecule has 0 atom stereocenters. The molecule has 1 aromatic heterocycles. The summed E-state index contributed by atoms with van der Waals surface area (Å²) in [5.74, 6) is -0.0826. The molecule has 0 spiro atoms. The minimum Gasteiger partial charge on any atom is -0.497 e. The van der Waals surface area contributed by atoms with Crippen LogP contribution < -0.4 is 9.47 Å². The first-order valence-electron chi connectivity index (χ1n) is 12.0. The predicted molar refractivity (Wildman–Crippen MR) is 144 cm³/mol. The second-order valence-corrected chi connectivity index (χ2v) is 10.7. The Morgan fingerprint density at radius 3 is 1.82 bits per heavy atom. The number of halogens is 1. The van der Waals surface area contributed by atoms with Gasteiger partial charge in [0.15, 0.2) is 0 Å². The van der Waals surface area contributed by atoms with Gasteiger partial charge in [0.05, 0.1) is 21.3 Å². The number of methoxy groups -OCH3 is 3. The van der Waals surface area contributed by atoms with E-state index in [9.17, 15) is 13.2 Å². The molecule has 0 aliphatic rings. The van der Waals surface area contributed by atoms with Gasteiger partial charge < -0.3 is 19.2 Å². The Morgan fingerprint density at radius 2 is 1.33 bits per heavy atom. The van der Waals surface area contributed by atoms with Gasteiger partial charge in [0.25, 0.3) is 0 Å². The number of H-pyrrole nitrogens is 1. The van der Waals surface area contributed by atoms with Gasteiger partial charge in [0.1, 0.15) is 27.9 Å². The summed E-state index contributed by atoms with van der Waals surface area (Å²) in [5, 5.41) is 0. The van der Waals surface area contributed by atoms with E-state index in [0.717, 1.165) is 11.1 Å². The van der Waals surface area contributed by atoms with Crippen LogP contribution in [0.3, 0.4) is 0 Å². The lowest BCUT2D eigenvalue weighted by Gasteiger charge is -2.23. The van der Waals surface area contributed by atoms with Gasteiger partial charge in [-0.15, -0.1) is 0 Å². The number of hydrogen-bond acceptors (Lipinski definition) is 6. The van der Waals surface area contributed by atoms with E-state index in [0.29, 0.717) is 22.8 Å². The summed E-state index contributed by atoms with van der Waals surface area (Å²) in [6, 6.07) is 21.4. The van der Waals surface area contributed by atoms with E-state index in [1.54, 1.807) is 80.9 Å². The van der Waals surface area contributed by atoms with Crippen molar-refractivity contribution in [3.8, 4) is 11.5 Å². The number of carbonyl (C=O) groups is 1. The van der Waals surface area contributed by atoms with Gasteiger partial charge in [-0.05, 0) is 65.2 Å². The third-order valence-electron chi connectivity index (χ3n) is 6.20. The minimum atomic E-state index is -4.23. The van der Waals surface area contributed by atoms with Crippen LogP contribution in [-0.4, -0.2) is 45.0 Å². The number of hydrogen-bond donors (Lipinski definition) is 1. The Morgan fingerprint density at radius 1 is 0.795 bits per heavy atom. The maximum Gasteiger partial charge on any atom is 0.354 e. The summed E-state index contributed by atoms with van der Waals surface area (Å²) >= 11 is 0. The van der Waals surface area contributed by atoms with Gasteiger partial charge >= 0.3 is 5.97 Å². The summed E-state index contributed by atoms with van der Waals surface area (Å²) in [6.45, 7) is 0.0522. The number of ether oxygens (including phenoxy) is 3. The van der Waals surface area contributed by atoms with E-state index in [2.05, 4.69) is 9.72 Å². The standard InChI is InChI=1S/C29H29FN2O6S/c1-36-24-10-4-20(5-11-24)18-32(19-21-6-12-25(37-2)13-7-21)39(34,35)28-15-8-22(17-26(28)30)16-23-9-14-27(31-23)29(33)38-3/h4-15,17,31H,16,18-19H2,1-3H3. The predicted octanol–water partition coefficient (Wildman–Crippen LogP) is 4.94. The van der Waals surface area contributed by atoms with E-state index in [1.165, 1.54) is 23.5 Å². The molecule has 0 saturated carbocycles. The number of aromatic nitrogens is 1. The van der Waals surface area contributed by atoms with Crippen molar-refractivity contribution in [1.29, 1.82) is 0 Å². The van der Waals surface area contributed by atoms with Crippen molar-refractivity contribution in [2.75, 3.05) is 21.3 Å². The Balaban J connectivity index is 1.62. The van der Waals surface area contributed by atoms with Crippen LogP contribution in [0.1, 0.15) is 32.9 Å². The van der Waals surface area contributed by atoms with Crippen molar-refractivity contribution < 1.29 is 31.8 Å². The third kappa shape index (κ3) is 6.65. The molecule has 0 radical (unpaired) electrons. The number of esters is 1. The topological polar surface area (TPSA) is 97.9 Å².